The first-order valence-electron chi connectivity index (χ1n) is 9.70. The average molecular weight is 407 g/mol. The molecule has 0 spiro atoms. The van der Waals surface area contributed by atoms with E-state index in [-0.39, 0.29) is 6.04 Å². The molecule has 2 fully saturated rings. The van der Waals surface area contributed by atoms with E-state index in [1.54, 1.807) is 4.80 Å². The molecule has 0 amide bonds. The maximum atomic E-state index is 11.7. The van der Waals surface area contributed by atoms with Crippen LogP contribution in [0.5, 0.6) is 5.75 Å². The van der Waals surface area contributed by atoms with Crippen LogP contribution in [0.1, 0.15) is 13.3 Å². The Bertz CT molecular complexity index is 890. The summed E-state index contributed by atoms with van der Waals surface area (Å²) in [4.78, 5) is 6.19. The van der Waals surface area contributed by atoms with E-state index in [4.69, 9.17) is 4.74 Å². The molecule has 0 unspecified atom stereocenters. The molecule has 10 heteroatoms. The van der Waals surface area contributed by atoms with Gasteiger partial charge in [0.05, 0.1) is 18.1 Å². The number of rotatable bonds is 6. The molecule has 1 atom stereocenters. The lowest BCUT2D eigenvalue weighted by atomic mass is 10.2. The summed E-state index contributed by atoms with van der Waals surface area (Å²) in [6, 6.07) is 7.86. The number of sulfone groups is 1. The summed E-state index contributed by atoms with van der Waals surface area (Å²) in [5.74, 6) is 2.06. The summed E-state index contributed by atoms with van der Waals surface area (Å²) < 4.78 is 28.8. The van der Waals surface area contributed by atoms with Crippen molar-refractivity contribution >= 4 is 9.84 Å². The van der Waals surface area contributed by atoms with Gasteiger partial charge in [-0.05, 0) is 42.8 Å². The van der Waals surface area contributed by atoms with Crippen LogP contribution in [0.4, 0.5) is 0 Å². The molecule has 2 aromatic rings. The number of hydrogen-bond donors (Lipinski definition) is 0. The lowest BCUT2D eigenvalue weighted by Gasteiger charge is -2.37. The summed E-state index contributed by atoms with van der Waals surface area (Å²) in [5.41, 5.74) is 0.905. The van der Waals surface area contributed by atoms with E-state index in [1.165, 1.54) is 0 Å². The zero-order valence-corrected chi connectivity index (χ0v) is 16.9. The van der Waals surface area contributed by atoms with Gasteiger partial charge < -0.3 is 4.74 Å². The van der Waals surface area contributed by atoms with Crippen LogP contribution in [-0.2, 0) is 16.5 Å². The van der Waals surface area contributed by atoms with Gasteiger partial charge in [0.2, 0.25) is 5.82 Å². The van der Waals surface area contributed by atoms with Crippen molar-refractivity contribution in [2.24, 2.45) is 0 Å². The highest BCUT2D eigenvalue weighted by Crippen LogP contribution is 2.20. The molecular formula is C18H26N6O3S. The zero-order valence-electron chi connectivity index (χ0n) is 16.1. The van der Waals surface area contributed by atoms with Crippen molar-refractivity contribution < 1.29 is 13.2 Å². The van der Waals surface area contributed by atoms with Crippen LogP contribution in [0.3, 0.4) is 0 Å². The predicted molar refractivity (Wildman–Crippen MR) is 105 cm³/mol. The second-order valence-corrected chi connectivity index (χ2v) is 9.52. The molecule has 2 aliphatic rings. The third-order valence-corrected chi connectivity index (χ3v) is 7.08. The van der Waals surface area contributed by atoms with E-state index in [0.717, 1.165) is 43.9 Å². The number of ether oxygens (including phenoxy) is 1. The number of tetrazole rings is 1. The molecular weight excluding hydrogens is 380 g/mol. The lowest BCUT2D eigenvalue weighted by Crippen LogP contribution is -2.51. The summed E-state index contributed by atoms with van der Waals surface area (Å²) in [7, 11) is -2.83. The minimum atomic E-state index is -2.83. The second-order valence-electron chi connectivity index (χ2n) is 7.30. The largest absolute Gasteiger partial charge is 0.494 e. The van der Waals surface area contributed by atoms with Crippen molar-refractivity contribution in [3.05, 3.63) is 24.3 Å². The highest BCUT2D eigenvalue weighted by atomic mass is 32.2. The third-order valence-electron chi connectivity index (χ3n) is 5.33. The van der Waals surface area contributed by atoms with Crippen molar-refractivity contribution in [1.82, 2.24) is 30.0 Å². The van der Waals surface area contributed by atoms with Gasteiger partial charge in [0.25, 0.3) is 0 Å². The van der Waals surface area contributed by atoms with Crippen LogP contribution in [0.15, 0.2) is 24.3 Å². The van der Waals surface area contributed by atoms with Crippen LogP contribution < -0.4 is 4.74 Å². The first-order chi connectivity index (χ1) is 13.5. The molecule has 3 heterocycles. The Labute approximate surface area is 165 Å². The van der Waals surface area contributed by atoms with Gasteiger partial charge in [-0.15, -0.1) is 15.0 Å². The van der Waals surface area contributed by atoms with E-state index >= 15 is 0 Å². The average Bonchev–Trinajstić information content (AvgIpc) is 3.30. The number of nitrogens with zero attached hydrogens (tertiary/aromatic N) is 6. The van der Waals surface area contributed by atoms with Crippen molar-refractivity contribution in [2.75, 3.05) is 44.3 Å². The minimum Gasteiger partial charge on any atom is -0.494 e. The molecule has 1 aromatic carbocycles. The van der Waals surface area contributed by atoms with Crippen LogP contribution >= 0.6 is 0 Å². The Kier molecular flexibility index (Phi) is 5.61. The van der Waals surface area contributed by atoms with Crippen LogP contribution in [0.2, 0.25) is 0 Å². The maximum absolute atomic E-state index is 11.7. The molecule has 0 radical (unpaired) electrons. The zero-order chi connectivity index (χ0) is 19.6. The van der Waals surface area contributed by atoms with Crippen molar-refractivity contribution in [3.63, 3.8) is 0 Å². The molecule has 0 aliphatic carbocycles. The van der Waals surface area contributed by atoms with Crippen LogP contribution in [0, 0.1) is 0 Å². The third kappa shape index (κ3) is 4.50. The smallest absolute Gasteiger partial charge is 0.204 e. The fourth-order valence-electron chi connectivity index (χ4n) is 3.80. The lowest BCUT2D eigenvalue weighted by molar-refractivity contribution is 0.0767. The molecule has 2 aliphatic heterocycles. The molecule has 152 valence electrons. The van der Waals surface area contributed by atoms with Crippen LogP contribution in [0.25, 0.3) is 11.4 Å². The van der Waals surface area contributed by atoms with Gasteiger partial charge in [-0.25, -0.2) is 8.42 Å². The van der Waals surface area contributed by atoms with Crippen LogP contribution in [-0.4, -0.2) is 88.8 Å². The molecule has 1 aromatic heterocycles. The van der Waals surface area contributed by atoms with E-state index < -0.39 is 9.84 Å². The summed E-state index contributed by atoms with van der Waals surface area (Å²) in [6.07, 6.45) is 0.762. The van der Waals surface area contributed by atoms with Gasteiger partial charge in [0.15, 0.2) is 9.84 Å². The van der Waals surface area contributed by atoms with E-state index in [1.807, 2.05) is 31.2 Å². The van der Waals surface area contributed by atoms with Gasteiger partial charge in [-0.3, -0.25) is 9.80 Å². The molecule has 28 heavy (non-hydrogen) atoms. The van der Waals surface area contributed by atoms with E-state index in [9.17, 15) is 8.42 Å². The summed E-state index contributed by atoms with van der Waals surface area (Å²) >= 11 is 0. The van der Waals surface area contributed by atoms with Crippen molar-refractivity contribution in [2.45, 2.75) is 26.1 Å². The quantitative estimate of drug-likeness (QED) is 0.685. The number of piperazine rings is 1. The Morgan fingerprint density at radius 3 is 2.54 bits per heavy atom. The highest BCUT2D eigenvalue weighted by Gasteiger charge is 2.33. The van der Waals surface area contributed by atoms with Gasteiger partial charge >= 0.3 is 0 Å². The number of hydrogen-bond acceptors (Lipinski definition) is 8. The molecule has 9 nitrogen and oxygen atoms in total. The Balaban J connectivity index is 1.30. The fourth-order valence-corrected chi connectivity index (χ4v) is 5.56. The maximum Gasteiger partial charge on any atom is 0.204 e. The van der Waals surface area contributed by atoms with Gasteiger partial charge in [0.1, 0.15) is 12.4 Å². The molecule has 0 bridgehead atoms. The van der Waals surface area contributed by atoms with Gasteiger partial charge in [-0.2, -0.15) is 0 Å². The molecule has 4 rings (SSSR count). The first-order valence-corrected chi connectivity index (χ1v) is 11.5. The van der Waals surface area contributed by atoms with Gasteiger partial charge in [0, 0.05) is 37.8 Å². The fraction of sp³-hybridized carbons (Fsp3) is 0.611. The Morgan fingerprint density at radius 1 is 1.14 bits per heavy atom. The molecule has 2 saturated heterocycles. The Morgan fingerprint density at radius 2 is 1.89 bits per heavy atom. The number of benzene rings is 1. The monoisotopic (exact) mass is 406 g/mol. The summed E-state index contributed by atoms with van der Waals surface area (Å²) in [5, 5.41) is 12.8. The molecule has 0 N–H and O–H groups in total. The van der Waals surface area contributed by atoms with Crippen molar-refractivity contribution in [3.8, 4) is 17.1 Å². The Hall–Kier alpha value is -2.04. The molecule has 0 saturated carbocycles. The van der Waals surface area contributed by atoms with E-state index in [2.05, 4.69) is 25.2 Å². The standard InChI is InChI=1S/C18H26N6O3S/c1-2-27-17-5-3-15(4-6-17)18-19-21-24(20-18)14-22-8-10-23(11-9-22)16-7-12-28(25,26)13-16/h3-6,16H,2,7-14H2,1H3/t16-/m1/s1. The first kappa shape index (κ1) is 19.3. The SMILES string of the molecule is CCOc1ccc(-c2nnn(CN3CCN([C@@H]4CCS(=O)(=O)C4)CC3)n2)cc1. The van der Waals surface area contributed by atoms with Crippen molar-refractivity contribution in [1.29, 1.82) is 0 Å². The second kappa shape index (κ2) is 8.14. The number of aromatic nitrogens is 4. The van der Waals surface area contributed by atoms with Gasteiger partial charge in [-0.1, -0.05) is 0 Å². The van der Waals surface area contributed by atoms with E-state index in [0.29, 0.717) is 30.6 Å². The predicted octanol–water partition coefficient (Wildman–Crippen LogP) is 0.501. The highest BCUT2D eigenvalue weighted by molar-refractivity contribution is 7.91. The normalized spacial score (nSPS) is 23.1. The minimum absolute atomic E-state index is 0.183. The summed E-state index contributed by atoms with van der Waals surface area (Å²) in [6.45, 7) is 6.67. The topological polar surface area (TPSA) is 93.5 Å².